The van der Waals surface area contributed by atoms with E-state index < -0.39 is 0 Å². The average Bonchev–Trinajstić information content (AvgIpc) is 3.36. The summed E-state index contributed by atoms with van der Waals surface area (Å²) in [5, 5.41) is 15.0. The summed E-state index contributed by atoms with van der Waals surface area (Å²) in [6.45, 7) is 1.88. The van der Waals surface area contributed by atoms with Gasteiger partial charge in [-0.1, -0.05) is 83.8 Å². The quantitative estimate of drug-likeness (QED) is 0.262. The summed E-state index contributed by atoms with van der Waals surface area (Å²) in [7, 11) is 0. The first-order valence-corrected chi connectivity index (χ1v) is 11.2. The van der Waals surface area contributed by atoms with Gasteiger partial charge >= 0.3 is 0 Å². The van der Waals surface area contributed by atoms with E-state index in [0.717, 1.165) is 21.0 Å². The van der Waals surface area contributed by atoms with Crippen LogP contribution in [0.25, 0.3) is 21.7 Å². The van der Waals surface area contributed by atoms with Crippen molar-refractivity contribution in [2.45, 2.75) is 17.0 Å². The molecule has 2 heterocycles. The van der Waals surface area contributed by atoms with Gasteiger partial charge < -0.3 is 4.42 Å². The molecular formula is C23H17N3O2S2. The van der Waals surface area contributed by atoms with Crippen LogP contribution in [0.3, 0.4) is 0 Å². The fourth-order valence-corrected chi connectivity index (χ4v) is 5.17. The lowest BCUT2D eigenvalue weighted by atomic mass is 10.1. The Morgan fingerprint density at radius 3 is 2.63 bits per heavy atom. The predicted octanol–water partition coefficient (Wildman–Crippen LogP) is 6.29. The summed E-state index contributed by atoms with van der Waals surface area (Å²) in [6, 6.07) is 22.3. The van der Waals surface area contributed by atoms with Gasteiger partial charge in [0.15, 0.2) is 10.1 Å². The van der Waals surface area contributed by atoms with Crippen LogP contribution in [-0.2, 0) is 5.75 Å². The van der Waals surface area contributed by atoms with Crippen LogP contribution < -0.4 is 5.32 Å². The largest absolute Gasteiger partial charge is 0.451 e. The van der Waals surface area contributed by atoms with E-state index in [4.69, 9.17) is 4.42 Å². The molecule has 5 nitrogen and oxygen atoms in total. The number of rotatable bonds is 5. The first-order valence-electron chi connectivity index (χ1n) is 9.41. The minimum absolute atomic E-state index is 0.302. The summed E-state index contributed by atoms with van der Waals surface area (Å²) in [4.78, 5) is 12.7. The van der Waals surface area contributed by atoms with E-state index in [0.29, 0.717) is 16.5 Å². The maximum absolute atomic E-state index is 12.7. The highest BCUT2D eigenvalue weighted by Crippen LogP contribution is 2.31. The fourth-order valence-electron chi connectivity index (χ4n) is 3.42. The number of thioether (sulfide) groups is 1. The Labute approximate surface area is 181 Å². The highest BCUT2D eigenvalue weighted by Gasteiger charge is 2.19. The summed E-state index contributed by atoms with van der Waals surface area (Å²) in [6.07, 6.45) is 0. The number of aryl methyl sites for hydroxylation is 1. The van der Waals surface area contributed by atoms with Gasteiger partial charge in [0, 0.05) is 16.7 Å². The van der Waals surface area contributed by atoms with Crippen molar-refractivity contribution in [2.75, 3.05) is 5.32 Å². The molecule has 1 N–H and O–H groups in total. The fraction of sp³-hybridized carbons (Fsp3) is 0.0870. The molecule has 0 aliphatic heterocycles. The molecule has 5 rings (SSSR count). The SMILES string of the molecule is Cc1c(C(=O)Nc2nnc(SCc3cccc4ccccc34)s2)oc2ccccc12. The highest BCUT2D eigenvalue weighted by molar-refractivity contribution is 8.00. The van der Waals surface area contributed by atoms with Crippen LogP contribution >= 0.6 is 23.1 Å². The monoisotopic (exact) mass is 431 g/mol. The van der Waals surface area contributed by atoms with Gasteiger partial charge in [-0.05, 0) is 29.3 Å². The molecule has 0 saturated heterocycles. The second-order valence-electron chi connectivity index (χ2n) is 6.81. The van der Waals surface area contributed by atoms with Crippen LogP contribution in [0.1, 0.15) is 21.7 Å². The van der Waals surface area contributed by atoms with Crippen molar-refractivity contribution in [3.63, 3.8) is 0 Å². The third-order valence-electron chi connectivity index (χ3n) is 4.91. The predicted molar refractivity (Wildman–Crippen MR) is 122 cm³/mol. The zero-order valence-corrected chi connectivity index (χ0v) is 17.7. The molecule has 0 bridgehead atoms. The Balaban J connectivity index is 1.29. The molecule has 0 aliphatic rings. The van der Waals surface area contributed by atoms with Crippen molar-refractivity contribution in [2.24, 2.45) is 0 Å². The normalized spacial score (nSPS) is 11.2. The summed E-state index contributed by atoms with van der Waals surface area (Å²) < 4.78 is 6.53. The first kappa shape index (κ1) is 18.8. The van der Waals surface area contributed by atoms with Crippen LogP contribution in [0, 0.1) is 6.92 Å². The second kappa shape index (κ2) is 7.93. The van der Waals surface area contributed by atoms with Crippen LogP contribution in [0.15, 0.2) is 75.5 Å². The maximum Gasteiger partial charge on any atom is 0.293 e. The number of carbonyl (C=O) groups is 1. The molecule has 1 amide bonds. The number of hydrogen-bond acceptors (Lipinski definition) is 6. The van der Waals surface area contributed by atoms with E-state index >= 15 is 0 Å². The number of amides is 1. The van der Waals surface area contributed by atoms with Crippen molar-refractivity contribution < 1.29 is 9.21 Å². The van der Waals surface area contributed by atoms with E-state index in [1.807, 2.05) is 37.3 Å². The molecule has 148 valence electrons. The highest BCUT2D eigenvalue weighted by atomic mass is 32.2. The number of para-hydroxylation sites is 1. The van der Waals surface area contributed by atoms with E-state index in [2.05, 4.69) is 51.9 Å². The molecule has 0 spiro atoms. The van der Waals surface area contributed by atoms with Gasteiger partial charge in [0.25, 0.3) is 5.91 Å². The molecule has 0 radical (unpaired) electrons. The number of carbonyl (C=O) groups excluding carboxylic acids is 1. The molecule has 7 heteroatoms. The molecule has 5 aromatic rings. The number of anilines is 1. The standard InChI is InChI=1S/C23H17N3O2S2/c1-14-17-10-4-5-12-19(17)28-20(14)21(27)24-22-25-26-23(30-22)29-13-16-9-6-8-15-7-2-3-11-18(15)16/h2-12H,13H2,1H3,(H,24,25,27). The van der Waals surface area contributed by atoms with E-state index in [-0.39, 0.29) is 5.91 Å². The van der Waals surface area contributed by atoms with Gasteiger partial charge in [-0.25, -0.2) is 0 Å². The number of fused-ring (bicyclic) bond motifs is 2. The van der Waals surface area contributed by atoms with Crippen molar-refractivity contribution in [3.05, 3.63) is 83.6 Å². The Bertz CT molecular complexity index is 1370. The lowest BCUT2D eigenvalue weighted by Gasteiger charge is -2.04. The second-order valence-corrected chi connectivity index (χ2v) is 9.01. The first-order chi connectivity index (χ1) is 14.7. The maximum atomic E-state index is 12.7. The topological polar surface area (TPSA) is 68.0 Å². The molecule has 0 unspecified atom stereocenters. The van der Waals surface area contributed by atoms with E-state index in [9.17, 15) is 4.79 Å². The van der Waals surface area contributed by atoms with Crippen LogP contribution in [0.4, 0.5) is 5.13 Å². The summed E-state index contributed by atoms with van der Waals surface area (Å²) >= 11 is 2.97. The van der Waals surface area contributed by atoms with Gasteiger partial charge in [-0.2, -0.15) is 0 Å². The minimum Gasteiger partial charge on any atom is -0.451 e. The smallest absolute Gasteiger partial charge is 0.293 e. The van der Waals surface area contributed by atoms with Gasteiger partial charge in [-0.15, -0.1) is 10.2 Å². The molecule has 3 aromatic carbocycles. The number of furan rings is 1. The van der Waals surface area contributed by atoms with Crippen molar-refractivity contribution in [3.8, 4) is 0 Å². The molecule has 0 aliphatic carbocycles. The third kappa shape index (κ3) is 3.58. The van der Waals surface area contributed by atoms with Crippen LogP contribution in [0.5, 0.6) is 0 Å². The zero-order chi connectivity index (χ0) is 20.5. The molecule has 0 atom stereocenters. The van der Waals surface area contributed by atoms with E-state index in [1.165, 1.54) is 27.7 Å². The lowest BCUT2D eigenvalue weighted by Crippen LogP contribution is -2.11. The number of hydrogen-bond donors (Lipinski definition) is 1. The van der Waals surface area contributed by atoms with Crippen LogP contribution in [0.2, 0.25) is 0 Å². The molecule has 0 saturated carbocycles. The van der Waals surface area contributed by atoms with Gasteiger partial charge in [-0.3, -0.25) is 10.1 Å². The Morgan fingerprint density at radius 1 is 1.00 bits per heavy atom. The van der Waals surface area contributed by atoms with Crippen molar-refractivity contribution in [1.29, 1.82) is 0 Å². The third-order valence-corrected chi connectivity index (χ3v) is 6.93. The minimum atomic E-state index is -0.314. The average molecular weight is 432 g/mol. The van der Waals surface area contributed by atoms with Crippen molar-refractivity contribution >= 4 is 55.9 Å². The summed E-state index contributed by atoms with van der Waals surface area (Å²) in [5.74, 6) is 0.772. The number of benzene rings is 3. The lowest BCUT2D eigenvalue weighted by molar-refractivity contribution is 0.0998. The van der Waals surface area contributed by atoms with Gasteiger partial charge in [0.1, 0.15) is 5.58 Å². The van der Waals surface area contributed by atoms with Gasteiger partial charge in [0.2, 0.25) is 5.13 Å². The zero-order valence-electron chi connectivity index (χ0n) is 16.1. The Morgan fingerprint density at radius 2 is 1.77 bits per heavy atom. The molecule has 30 heavy (non-hydrogen) atoms. The summed E-state index contributed by atoms with van der Waals surface area (Å²) in [5.41, 5.74) is 2.76. The number of nitrogens with one attached hydrogen (secondary N) is 1. The number of aromatic nitrogens is 2. The Kier molecular flexibility index (Phi) is 4.98. The van der Waals surface area contributed by atoms with Crippen molar-refractivity contribution in [1.82, 2.24) is 10.2 Å². The molecule has 0 fully saturated rings. The van der Waals surface area contributed by atoms with E-state index in [1.54, 1.807) is 11.8 Å². The molecular weight excluding hydrogens is 414 g/mol. The van der Waals surface area contributed by atoms with Gasteiger partial charge in [0.05, 0.1) is 0 Å². The Hall–Kier alpha value is -3.16. The van der Waals surface area contributed by atoms with Crippen LogP contribution in [-0.4, -0.2) is 16.1 Å². The number of nitrogens with zero attached hydrogens (tertiary/aromatic N) is 2. The molecule has 2 aromatic heterocycles.